The van der Waals surface area contributed by atoms with Crippen molar-refractivity contribution in [3.63, 3.8) is 0 Å². The van der Waals surface area contributed by atoms with E-state index >= 15 is 0 Å². The van der Waals surface area contributed by atoms with Gasteiger partial charge in [-0.2, -0.15) is 11.8 Å². The molecule has 0 heterocycles. The number of aliphatic hydroxyl groups is 1. The third kappa shape index (κ3) is 14.2. The molecule has 0 aromatic heterocycles. The SMILES string of the molecule is CCCCCCCCCCCCS[C@@H](C)[C@H](O)C(=O)OCCCC. The monoisotopic (exact) mass is 360 g/mol. The molecule has 144 valence electrons. The van der Waals surface area contributed by atoms with Crippen LogP contribution in [0.3, 0.4) is 0 Å². The topological polar surface area (TPSA) is 46.5 Å². The van der Waals surface area contributed by atoms with Gasteiger partial charge in [0.15, 0.2) is 6.10 Å². The van der Waals surface area contributed by atoms with Crippen molar-refractivity contribution in [2.75, 3.05) is 12.4 Å². The van der Waals surface area contributed by atoms with E-state index < -0.39 is 12.1 Å². The van der Waals surface area contributed by atoms with Crippen molar-refractivity contribution in [3.8, 4) is 0 Å². The highest BCUT2D eigenvalue weighted by Crippen LogP contribution is 2.18. The fourth-order valence-corrected chi connectivity index (χ4v) is 3.58. The average Bonchev–Trinajstić information content (AvgIpc) is 2.58. The minimum atomic E-state index is -0.991. The summed E-state index contributed by atoms with van der Waals surface area (Å²) in [5, 5.41) is 9.87. The van der Waals surface area contributed by atoms with Gasteiger partial charge in [0.05, 0.1) is 6.61 Å². The Balaban J connectivity index is 3.44. The van der Waals surface area contributed by atoms with Crippen molar-refractivity contribution in [1.29, 1.82) is 0 Å². The molecular weight excluding hydrogens is 320 g/mol. The normalized spacial score (nSPS) is 13.7. The number of hydrogen-bond donors (Lipinski definition) is 1. The van der Waals surface area contributed by atoms with Gasteiger partial charge in [-0.1, -0.05) is 85.0 Å². The summed E-state index contributed by atoms with van der Waals surface area (Å²) in [6, 6.07) is 0. The Morgan fingerprint density at radius 1 is 0.875 bits per heavy atom. The fourth-order valence-electron chi connectivity index (χ4n) is 2.54. The van der Waals surface area contributed by atoms with Crippen LogP contribution in [-0.2, 0) is 9.53 Å². The zero-order valence-electron chi connectivity index (χ0n) is 16.2. The lowest BCUT2D eigenvalue weighted by Gasteiger charge is -2.17. The molecule has 0 aliphatic heterocycles. The zero-order chi connectivity index (χ0) is 18.0. The highest BCUT2D eigenvalue weighted by atomic mass is 32.2. The van der Waals surface area contributed by atoms with Gasteiger partial charge in [0.2, 0.25) is 0 Å². The van der Waals surface area contributed by atoms with Gasteiger partial charge in [-0.05, 0) is 18.6 Å². The maximum atomic E-state index is 11.7. The molecule has 0 aromatic rings. The molecule has 0 amide bonds. The quantitative estimate of drug-likeness (QED) is 0.266. The van der Waals surface area contributed by atoms with Crippen molar-refractivity contribution in [2.45, 2.75) is 109 Å². The van der Waals surface area contributed by atoms with Crippen molar-refractivity contribution in [3.05, 3.63) is 0 Å². The van der Waals surface area contributed by atoms with E-state index in [2.05, 4.69) is 13.8 Å². The van der Waals surface area contributed by atoms with Gasteiger partial charge in [-0.15, -0.1) is 0 Å². The Morgan fingerprint density at radius 2 is 1.38 bits per heavy atom. The lowest BCUT2D eigenvalue weighted by atomic mass is 10.1. The number of esters is 1. The summed E-state index contributed by atoms with van der Waals surface area (Å²) in [6.07, 6.45) is 14.2. The van der Waals surface area contributed by atoms with Crippen molar-refractivity contribution in [2.24, 2.45) is 0 Å². The van der Waals surface area contributed by atoms with Crippen LogP contribution >= 0.6 is 11.8 Å². The van der Waals surface area contributed by atoms with E-state index in [1.807, 2.05) is 6.92 Å². The Bertz CT molecular complexity index is 284. The van der Waals surface area contributed by atoms with Gasteiger partial charge >= 0.3 is 5.97 Å². The van der Waals surface area contributed by atoms with Crippen LogP contribution in [0, 0.1) is 0 Å². The number of thioether (sulfide) groups is 1. The largest absolute Gasteiger partial charge is 0.464 e. The second-order valence-electron chi connectivity index (χ2n) is 6.72. The van der Waals surface area contributed by atoms with E-state index in [1.165, 1.54) is 64.2 Å². The molecule has 0 aromatic carbocycles. The maximum Gasteiger partial charge on any atom is 0.336 e. The Labute approximate surface area is 154 Å². The van der Waals surface area contributed by atoms with E-state index in [0.717, 1.165) is 18.6 Å². The van der Waals surface area contributed by atoms with E-state index in [1.54, 1.807) is 11.8 Å². The number of hydrogen-bond acceptors (Lipinski definition) is 4. The first-order chi connectivity index (χ1) is 11.6. The molecule has 0 rings (SSSR count). The summed E-state index contributed by atoms with van der Waals surface area (Å²) in [4.78, 5) is 11.7. The van der Waals surface area contributed by atoms with Crippen molar-refractivity contribution < 1.29 is 14.6 Å². The number of ether oxygens (including phenoxy) is 1. The molecule has 0 spiro atoms. The number of unbranched alkanes of at least 4 members (excludes halogenated alkanes) is 10. The smallest absolute Gasteiger partial charge is 0.336 e. The standard InChI is InChI=1S/C20H40O3S/c1-4-6-8-9-10-11-12-13-14-15-17-24-18(3)19(21)20(22)23-16-7-5-2/h18-19,21H,4-17H2,1-3H3/t18-,19-/m0/s1. The van der Waals surface area contributed by atoms with E-state index in [9.17, 15) is 9.90 Å². The maximum absolute atomic E-state index is 11.7. The van der Waals surface area contributed by atoms with Crippen molar-refractivity contribution in [1.82, 2.24) is 0 Å². The van der Waals surface area contributed by atoms with E-state index in [4.69, 9.17) is 4.74 Å². The predicted molar refractivity (Wildman–Crippen MR) is 106 cm³/mol. The van der Waals surface area contributed by atoms with Gasteiger partial charge in [0.25, 0.3) is 0 Å². The molecule has 0 fully saturated rings. The summed E-state index contributed by atoms with van der Waals surface area (Å²) in [5.41, 5.74) is 0. The Hall–Kier alpha value is -0.220. The molecule has 2 atom stereocenters. The number of rotatable bonds is 17. The number of carbonyl (C=O) groups excluding carboxylic acids is 1. The Morgan fingerprint density at radius 3 is 1.92 bits per heavy atom. The summed E-state index contributed by atoms with van der Waals surface area (Å²) >= 11 is 1.68. The summed E-state index contributed by atoms with van der Waals surface area (Å²) in [6.45, 7) is 6.64. The second-order valence-corrected chi connectivity index (χ2v) is 8.21. The number of carbonyl (C=O) groups is 1. The first-order valence-electron chi connectivity index (χ1n) is 10.1. The van der Waals surface area contributed by atoms with Crippen LogP contribution in [0.5, 0.6) is 0 Å². The zero-order valence-corrected chi connectivity index (χ0v) is 17.0. The van der Waals surface area contributed by atoms with E-state index in [-0.39, 0.29) is 5.25 Å². The molecule has 4 heteroatoms. The molecule has 0 aliphatic rings. The van der Waals surface area contributed by atoms with Crippen molar-refractivity contribution >= 4 is 17.7 Å². The molecule has 0 unspecified atom stereocenters. The first-order valence-corrected chi connectivity index (χ1v) is 11.1. The Kier molecular flexibility index (Phi) is 17.4. The minimum Gasteiger partial charge on any atom is -0.464 e. The highest BCUT2D eigenvalue weighted by molar-refractivity contribution is 7.99. The molecule has 1 N–H and O–H groups in total. The van der Waals surface area contributed by atoms with Crippen LogP contribution in [0.15, 0.2) is 0 Å². The van der Waals surface area contributed by atoms with Crippen LogP contribution in [0.1, 0.15) is 97.8 Å². The summed E-state index contributed by atoms with van der Waals surface area (Å²) in [7, 11) is 0. The van der Waals surface area contributed by atoms with Gasteiger partial charge in [0, 0.05) is 5.25 Å². The lowest BCUT2D eigenvalue weighted by Crippen LogP contribution is -2.32. The molecule has 0 saturated carbocycles. The van der Waals surface area contributed by atoms with Crippen LogP contribution < -0.4 is 0 Å². The summed E-state index contributed by atoms with van der Waals surface area (Å²) < 4.78 is 5.07. The predicted octanol–water partition coefficient (Wildman–Crippen LogP) is 5.73. The first kappa shape index (κ1) is 23.8. The molecule has 0 saturated heterocycles. The average molecular weight is 361 g/mol. The lowest BCUT2D eigenvalue weighted by molar-refractivity contribution is -0.153. The fraction of sp³-hybridized carbons (Fsp3) is 0.950. The third-order valence-electron chi connectivity index (χ3n) is 4.31. The number of aliphatic hydroxyl groups excluding tert-OH is 1. The van der Waals surface area contributed by atoms with E-state index in [0.29, 0.717) is 6.61 Å². The van der Waals surface area contributed by atoms with Gasteiger partial charge < -0.3 is 9.84 Å². The highest BCUT2D eigenvalue weighted by Gasteiger charge is 2.23. The van der Waals surface area contributed by atoms with Crippen LogP contribution in [-0.4, -0.2) is 34.8 Å². The third-order valence-corrected chi connectivity index (χ3v) is 5.61. The molecule has 3 nitrogen and oxygen atoms in total. The van der Waals surface area contributed by atoms with Gasteiger partial charge in [-0.3, -0.25) is 0 Å². The van der Waals surface area contributed by atoms with Gasteiger partial charge in [0.1, 0.15) is 0 Å². The van der Waals surface area contributed by atoms with Crippen LogP contribution in [0.2, 0.25) is 0 Å². The second kappa shape index (κ2) is 17.6. The molecule has 0 aliphatic carbocycles. The summed E-state index contributed by atoms with van der Waals surface area (Å²) in [5.74, 6) is 0.545. The molecule has 24 heavy (non-hydrogen) atoms. The molecular formula is C20H40O3S. The molecule has 0 bridgehead atoms. The minimum absolute atomic E-state index is 0.0855. The van der Waals surface area contributed by atoms with Crippen LogP contribution in [0.4, 0.5) is 0 Å². The van der Waals surface area contributed by atoms with Crippen LogP contribution in [0.25, 0.3) is 0 Å². The molecule has 0 radical (unpaired) electrons. The van der Waals surface area contributed by atoms with Gasteiger partial charge in [-0.25, -0.2) is 4.79 Å².